The lowest BCUT2D eigenvalue weighted by molar-refractivity contribution is 0.0462. The molecule has 0 radical (unpaired) electrons. The van der Waals surface area contributed by atoms with Gasteiger partial charge in [-0.25, -0.2) is 18.0 Å². The van der Waals surface area contributed by atoms with E-state index in [1.54, 1.807) is 12.1 Å². The van der Waals surface area contributed by atoms with Crippen LogP contribution in [-0.4, -0.2) is 30.1 Å². The highest BCUT2D eigenvalue weighted by molar-refractivity contribution is 7.92. The smallest absolute Gasteiger partial charge is 0.338 e. The van der Waals surface area contributed by atoms with Crippen LogP contribution in [0, 0.1) is 0 Å². The number of hydrogen-bond acceptors (Lipinski definition) is 6. The third kappa shape index (κ3) is 3.73. The van der Waals surface area contributed by atoms with Crippen molar-refractivity contribution in [3.8, 4) is 0 Å². The van der Waals surface area contributed by atoms with Crippen LogP contribution in [0.3, 0.4) is 0 Å². The molecular formula is C22H21N3O6S. The summed E-state index contributed by atoms with van der Waals surface area (Å²) in [6.07, 6.45) is 0.617. The summed E-state index contributed by atoms with van der Waals surface area (Å²) < 4.78 is 35.1. The maximum absolute atomic E-state index is 13.2. The molecule has 3 aromatic rings. The van der Waals surface area contributed by atoms with Crippen molar-refractivity contribution in [1.29, 1.82) is 0 Å². The van der Waals surface area contributed by atoms with Crippen molar-refractivity contribution in [2.75, 3.05) is 10.8 Å². The Labute approximate surface area is 184 Å². The fraction of sp³-hybridized carbons (Fsp3) is 0.227. The number of rotatable bonds is 5. The Kier molecular flexibility index (Phi) is 5.47. The summed E-state index contributed by atoms with van der Waals surface area (Å²) in [6, 6.07) is 14.1. The van der Waals surface area contributed by atoms with Gasteiger partial charge in [-0.1, -0.05) is 24.3 Å². The van der Waals surface area contributed by atoms with E-state index in [9.17, 15) is 22.8 Å². The summed E-state index contributed by atoms with van der Waals surface area (Å²) >= 11 is 0. The number of carbonyl (C=O) groups is 1. The molecular weight excluding hydrogens is 434 g/mol. The summed E-state index contributed by atoms with van der Waals surface area (Å²) in [5.41, 5.74) is 0.801. The molecule has 1 aromatic heterocycles. The number of aromatic nitrogens is 2. The summed E-state index contributed by atoms with van der Waals surface area (Å²) in [7, 11) is -1.05. The van der Waals surface area contributed by atoms with Crippen LogP contribution in [0.1, 0.15) is 21.6 Å². The van der Waals surface area contributed by atoms with E-state index < -0.39 is 27.2 Å². The van der Waals surface area contributed by atoms with Crippen molar-refractivity contribution >= 4 is 21.7 Å². The first-order valence-electron chi connectivity index (χ1n) is 9.84. The van der Waals surface area contributed by atoms with Crippen LogP contribution in [0.5, 0.6) is 0 Å². The second-order valence-electron chi connectivity index (χ2n) is 7.43. The van der Waals surface area contributed by atoms with Crippen molar-refractivity contribution in [2.24, 2.45) is 14.1 Å². The van der Waals surface area contributed by atoms with E-state index in [-0.39, 0.29) is 22.8 Å². The van der Waals surface area contributed by atoms with E-state index in [0.29, 0.717) is 18.7 Å². The monoisotopic (exact) mass is 455 g/mol. The molecule has 166 valence electrons. The zero-order valence-corrected chi connectivity index (χ0v) is 18.3. The van der Waals surface area contributed by atoms with Gasteiger partial charge in [0.1, 0.15) is 6.61 Å². The molecule has 10 heteroatoms. The van der Waals surface area contributed by atoms with Crippen LogP contribution in [-0.2, 0) is 41.9 Å². The second kappa shape index (κ2) is 8.12. The van der Waals surface area contributed by atoms with Crippen LogP contribution in [0.15, 0.2) is 69.1 Å². The van der Waals surface area contributed by atoms with Gasteiger partial charge >= 0.3 is 11.7 Å². The number of hydrogen-bond donors (Lipinski definition) is 0. The van der Waals surface area contributed by atoms with Crippen LogP contribution in [0.4, 0.5) is 5.69 Å². The molecule has 1 aliphatic heterocycles. The van der Waals surface area contributed by atoms with E-state index in [0.717, 1.165) is 10.1 Å². The van der Waals surface area contributed by atoms with Crippen molar-refractivity contribution < 1.29 is 17.9 Å². The van der Waals surface area contributed by atoms with Gasteiger partial charge in [-0.2, -0.15) is 0 Å². The minimum atomic E-state index is -3.86. The van der Waals surface area contributed by atoms with E-state index in [2.05, 4.69) is 0 Å². The van der Waals surface area contributed by atoms with Gasteiger partial charge in [-0.15, -0.1) is 0 Å². The average Bonchev–Trinajstić information content (AvgIpc) is 3.24. The molecule has 0 fully saturated rings. The zero-order valence-electron chi connectivity index (χ0n) is 17.5. The highest BCUT2D eigenvalue weighted by Gasteiger charge is 2.31. The van der Waals surface area contributed by atoms with Crippen LogP contribution >= 0.6 is 0 Å². The Morgan fingerprint density at radius 1 is 1.00 bits per heavy atom. The molecule has 0 saturated heterocycles. The standard InChI is InChI=1S/C22H21N3O6S/c1-23-17(13-20(26)24(2)22(23)28)14-31-21(27)16-7-5-8-18(12-16)32(29,30)25-11-10-15-6-3-4-9-19(15)25/h3-9,12-13H,10-11,14H2,1-2H3. The summed E-state index contributed by atoms with van der Waals surface area (Å²) in [4.78, 5) is 36.4. The molecule has 0 N–H and O–H groups in total. The molecule has 32 heavy (non-hydrogen) atoms. The normalized spacial score (nSPS) is 13.1. The number of ether oxygens (including phenoxy) is 1. The lowest BCUT2D eigenvalue weighted by Gasteiger charge is -2.19. The minimum Gasteiger partial charge on any atom is -0.456 e. The van der Waals surface area contributed by atoms with Gasteiger partial charge in [0.25, 0.3) is 15.6 Å². The van der Waals surface area contributed by atoms with Gasteiger partial charge in [0.05, 0.1) is 21.8 Å². The Hall–Kier alpha value is -3.66. The third-order valence-corrected chi connectivity index (χ3v) is 7.29. The van der Waals surface area contributed by atoms with Crippen molar-refractivity contribution in [3.05, 3.63) is 92.3 Å². The van der Waals surface area contributed by atoms with E-state index in [1.807, 2.05) is 12.1 Å². The Balaban J connectivity index is 1.57. The Morgan fingerprint density at radius 2 is 1.75 bits per heavy atom. The highest BCUT2D eigenvalue weighted by atomic mass is 32.2. The molecule has 2 heterocycles. The fourth-order valence-corrected chi connectivity index (χ4v) is 5.16. The number of fused-ring (bicyclic) bond motifs is 1. The van der Waals surface area contributed by atoms with Crippen LogP contribution in [0.25, 0.3) is 0 Å². The first-order chi connectivity index (χ1) is 15.2. The van der Waals surface area contributed by atoms with Gasteiger partial charge in [-0.3, -0.25) is 18.2 Å². The summed E-state index contributed by atoms with van der Waals surface area (Å²) in [5, 5.41) is 0. The first kappa shape index (κ1) is 21.6. The fourth-order valence-electron chi connectivity index (χ4n) is 3.61. The van der Waals surface area contributed by atoms with Crippen molar-refractivity contribution in [3.63, 3.8) is 0 Å². The largest absolute Gasteiger partial charge is 0.456 e. The number of benzene rings is 2. The third-order valence-electron chi connectivity index (χ3n) is 5.48. The molecule has 0 saturated carbocycles. The van der Waals surface area contributed by atoms with E-state index in [1.165, 1.54) is 53.3 Å². The minimum absolute atomic E-state index is 0.0235. The molecule has 2 aromatic carbocycles. The maximum Gasteiger partial charge on any atom is 0.338 e. The number of carbonyl (C=O) groups excluding carboxylic acids is 1. The number of anilines is 1. The quantitative estimate of drug-likeness (QED) is 0.535. The van der Waals surface area contributed by atoms with Gasteiger partial charge in [-0.05, 0) is 36.2 Å². The molecule has 9 nitrogen and oxygen atoms in total. The van der Waals surface area contributed by atoms with E-state index in [4.69, 9.17) is 4.74 Å². The van der Waals surface area contributed by atoms with Gasteiger partial charge in [0, 0.05) is 26.7 Å². The van der Waals surface area contributed by atoms with Crippen molar-refractivity contribution in [2.45, 2.75) is 17.9 Å². The average molecular weight is 455 g/mol. The first-order valence-corrected chi connectivity index (χ1v) is 11.3. The topological polar surface area (TPSA) is 108 Å². The number of esters is 1. The Morgan fingerprint density at radius 3 is 2.53 bits per heavy atom. The molecule has 0 spiro atoms. The highest BCUT2D eigenvalue weighted by Crippen LogP contribution is 2.32. The maximum atomic E-state index is 13.2. The lowest BCUT2D eigenvalue weighted by Crippen LogP contribution is -2.38. The SMILES string of the molecule is Cn1c(COC(=O)c2cccc(S(=O)(=O)N3CCc4ccccc43)c2)cc(=O)n(C)c1=O. The molecule has 0 unspecified atom stereocenters. The van der Waals surface area contributed by atoms with Crippen molar-refractivity contribution in [1.82, 2.24) is 9.13 Å². The lowest BCUT2D eigenvalue weighted by atomic mass is 10.2. The molecule has 0 amide bonds. The predicted octanol–water partition coefficient (Wildman–Crippen LogP) is 1.19. The van der Waals surface area contributed by atoms with Gasteiger partial charge < -0.3 is 4.74 Å². The molecule has 0 bridgehead atoms. The molecule has 4 rings (SSSR count). The second-order valence-corrected chi connectivity index (χ2v) is 9.30. The summed E-state index contributed by atoms with van der Waals surface area (Å²) in [6.45, 7) is 0.0183. The summed E-state index contributed by atoms with van der Waals surface area (Å²) in [5.74, 6) is -0.767. The Bertz CT molecular complexity index is 1440. The van der Waals surface area contributed by atoms with Crippen LogP contribution < -0.4 is 15.6 Å². The van der Waals surface area contributed by atoms with Gasteiger partial charge in [0.15, 0.2) is 0 Å². The number of sulfonamides is 1. The van der Waals surface area contributed by atoms with Crippen LogP contribution in [0.2, 0.25) is 0 Å². The predicted molar refractivity (Wildman–Crippen MR) is 117 cm³/mol. The zero-order chi connectivity index (χ0) is 23.0. The molecule has 0 aliphatic carbocycles. The molecule has 1 aliphatic rings. The molecule has 0 atom stereocenters. The number of para-hydroxylation sites is 1. The number of nitrogens with zero attached hydrogens (tertiary/aromatic N) is 3. The van der Waals surface area contributed by atoms with Gasteiger partial charge in [0.2, 0.25) is 0 Å². The van der Waals surface area contributed by atoms with E-state index >= 15 is 0 Å².